The Hall–Kier alpha value is -1.97. The molecule has 0 atom stereocenters. The van der Waals surface area contributed by atoms with Gasteiger partial charge in [-0.1, -0.05) is 12.1 Å². The maximum Gasteiger partial charge on any atom is 0.216 e. The number of fused-ring (bicyclic) bond motifs is 1. The number of nitrogens with zero attached hydrogens (tertiary/aromatic N) is 2. The Morgan fingerprint density at radius 3 is 2.50 bits per heavy atom. The van der Waals surface area contributed by atoms with Gasteiger partial charge in [0.15, 0.2) is 0 Å². The molecular weight excluding hydrogens is 202 g/mol. The van der Waals surface area contributed by atoms with Gasteiger partial charge in [0.05, 0.1) is 10.7 Å². The summed E-state index contributed by atoms with van der Waals surface area (Å²) in [5.41, 5.74) is 0. The average molecular weight is 215 g/mol. The highest BCUT2D eigenvalue weighted by atomic mass is 16.1. The number of rotatable bonds is 3. The van der Waals surface area contributed by atoms with Gasteiger partial charge in [0.1, 0.15) is 5.82 Å². The first-order valence-corrected chi connectivity index (χ1v) is 5.23. The second-order valence-corrected chi connectivity index (χ2v) is 3.55. The molecule has 0 aromatic heterocycles. The van der Waals surface area contributed by atoms with Gasteiger partial charge < -0.3 is 5.32 Å². The Kier molecular flexibility index (Phi) is 3.10. The van der Waals surface area contributed by atoms with E-state index in [4.69, 9.17) is 0 Å². The van der Waals surface area contributed by atoms with E-state index in [1.54, 1.807) is 0 Å². The molecule has 2 rings (SSSR count). The van der Waals surface area contributed by atoms with Gasteiger partial charge in [0.25, 0.3) is 0 Å². The molecule has 1 amide bonds. The van der Waals surface area contributed by atoms with Crippen molar-refractivity contribution in [2.24, 2.45) is 9.98 Å². The average Bonchev–Trinajstić information content (AvgIpc) is 2.66. The molecule has 1 aromatic carbocycles. The molecule has 4 nitrogen and oxygen atoms in total. The highest BCUT2D eigenvalue weighted by Gasteiger charge is 1.99. The zero-order valence-corrected chi connectivity index (χ0v) is 9.10. The lowest BCUT2D eigenvalue weighted by molar-refractivity contribution is -0.118. The predicted molar refractivity (Wildman–Crippen MR) is 60.1 cm³/mol. The summed E-state index contributed by atoms with van der Waals surface area (Å²) in [5, 5.41) is 4.54. The molecule has 1 aliphatic heterocycles. The summed E-state index contributed by atoms with van der Waals surface area (Å²) >= 11 is 0. The fraction of sp³-hybridized carbons (Fsp3) is 0.250. The number of hydrogen-bond donors (Lipinski definition) is 1. The van der Waals surface area contributed by atoms with Crippen molar-refractivity contribution in [2.45, 2.75) is 13.3 Å². The summed E-state index contributed by atoms with van der Waals surface area (Å²) in [6.45, 7) is 2.13. The molecular formula is C12H13N3O. The van der Waals surface area contributed by atoms with Gasteiger partial charge in [-0.15, -0.1) is 0 Å². The molecule has 0 saturated heterocycles. The lowest BCUT2D eigenvalue weighted by Crippen LogP contribution is -2.20. The van der Waals surface area contributed by atoms with E-state index in [1.807, 2.05) is 30.3 Å². The lowest BCUT2D eigenvalue weighted by atomic mass is 10.3. The summed E-state index contributed by atoms with van der Waals surface area (Å²) < 4.78 is 0. The van der Waals surface area contributed by atoms with Gasteiger partial charge in [-0.3, -0.25) is 4.79 Å². The van der Waals surface area contributed by atoms with E-state index < -0.39 is 0 Å². The zero-order chi connectivity index (χ0) is 11.4. The quantitative estimate of drug-likeness (QED) is 0.725. The standard InChI is InChI=1S/C12H13N3O/c1-9(16)13-8-4-7-12-14-10-5-2-3-6-11(10)15-12/h2-3,5-7H,4,8H2,1H3,(H,13,16). The summed E-state index contributed by atoms with van der Waals surface area (Å²) in [7, 11) is 0. The number of carbonyl (C=O) groups excluding carboxylic acids is 1. The van der Waals surface area contributed by atoms with E-state index in [2.05, 4.69) is 15.3 Å². The van der Waals surface area contributed by atoms with Crippen LogP contribution in [0.3, 0.4) is 0 Å². The van der Waals surface area contributed by atoms with Gasteiger partial charge in [-0.25, -0.2) is 9.98 Å². The minimum atomic E-state index is -0.0121. The van der Waals surface area contributed by atoms with E-state index in [0.717, 1.165) is 23.0 Å². The Balaban J connectivity index is 2.02. The van der Waals surface area contributed by atoms with Crippen molar-refractivity contribution < 1.29 is 4.79 Å². The highest BCUT2D eigenvalue weighted by molar-refractivity contribution is 5.72. The van der Waals surface area contributed by atoms with Crippen LogP contribution in [0.25, 0.3) is 0 Å². The molecule has 4 heteroatoms. The van der Waals surface area contributed by atoms with Crippen LogP contribution >= 0.6 is 0 Å². The molecule has 0 radical (unpaired) electrons. The van der Waals surface area contributed by atoms with Gasteiger partial charge >= 0.3 is 0 Å². The minimum Gasteiger partial charge on any atom is -0.356 e. The van der Waals surface area contributed by atoms with Crippen LogP contribution in [-0.4, -0.2) is 12.5 Å². The van der Waals surface area contributed by atoms with Crippen molar-refractivity contribution in [1.29, 1.82) is 0 Å². The number of amides is 1. The van der Waals surface area contributed by atoms with Gasteiger partial charge in [0, 0.05) is 13.5 Å². The van der Waals surface area contributed by atoms with Crippen LogP contribution in [0.1, 0.15) is 13.3 Å². The zero-order valence-electron chi connectivity index (χ0n) is 9.10. The van der Waals surface area contributed by atoms with Gasteiger partial charge in [-0.2, -0.15) is 0 Å². The fourth-order valence-electron chi connectivity index (χ4n) is 1.47. The Labute approximate surface area is 93.4 Å². The van der Waals surface area contributed by atoms with E-state index in [0.29, 0.717) is 6.54 Å². The van der Waals surface area contributed by atoms with Crippen LogP contribution in [0, 0.1) is 0 Å². The third-order valence-electron chi connectivity index (χ3n) is 2.20. The molecule has 82 valence electrons. The van der Waals surface area contributed by atoms with Crippen molar-refractivity contribution >= 4 is 5.91 Å². The fourth-order valence-corrected chi connectivity index (χ4v) is 1.47. The highest BCUT2D eigenvalue weighted by Crippen LogP contribution is 2.00. The second kappa shape index (κ2) is 4.70. The first-order valence-electron chi connectivity index (χ1n) is 5.23. The van der Waals surface area contributed by atoms with Gasteiger partial charge in [0.2, 0.25) is 5.91 Å². The number of nitrogens with one attached hydrogen (secondary N) is 1. The van der Waals surface area contributed by atoms with Gasteiger partial charge in [-0.05, 0) is 24.6 Å². The first-order chi connectivity index (χ1) is 7.75. The summed E-state index contributed by atoms with van der Waals surface area (Å²) in [6, 6.07) is 7.76. The summed E-state index contributed by atoms with van der Waals surface area (Å²) in [6.07, 6.45) is 2.67. The molecule has 0 bridgehead atoms. The molecule has 0 saturated carbocycles. The van der Waals surface area contributed by atoms with Crippen LogP contribution in [-0.2, 0) is 4.79 Å². The van der Waals surface area contributed by atoms with E-state index in [-0.39, 0.29) is 5.91 Å². The van der Waals surface area contributed by atoms with Crippen molar-refractivity contribution in [3.05, 3.63) is 46.9 Å². The molecule has 1 heterocycles. The van der Waals surface area contributed by atoms with Crippen molar-refractivity contribution in [3.63, 3.8) is 0 Å². The molecule has 1 aromatic rings. The third kappa shape index (κ3) is 2.53. The van der Waals surface area contributed by atoms with Crippen molar-refractivity contribution in [3.8, 4) is 0 Å². The lowest BCUT2D eigenvalue weighted by Gasteiger charge is -1.96. The van der Waals surface area contributed by atoms with Crippen LogP contribution in [0.5, 0.6) is 0 Å². The van der Waals surface area contributed by atoms with E-state index in [9.17, 15) is 4.79 Å². The Morgan fingerprint density at radius 2 is 1.94 bits per heavy atom. The molecule has 16 heavy (non-hydrogen) atoms. The summed E-state index contributed by atoms with van der Waals surface area (Å²) in [4.78, 5) is 19.3. The van der Waals surface area contributed by atoms with Crippen molar-refractivity contribution in [1.82, 2.24) is 5.32 Å². The second-order valence-electron chi connectivity index (χ2n) is 3.55. The normalized spacial score (nSPS) is 12.4. The summed E-state index contributed by atoms with van der Waals surface area (Å²) in [5.74, 6) is 0.716. The smallest absolute Gasteiger partial charge is 0.216 e. The van der Waals surface area contributed by atoms with E-state index >= 15 is 0 Å². The molecule has 0 fully saturated rings. The van der Waals surface area contributed by atoms with Crippen LogP contribution in [0.15, 0.2) is 46.1 Å². The van der Waals surface area contributed by atoms with E-state index in [1.165, 1.54) is 6.92 Å². The number of carbonyl (C=O) groups is 1. The molecule has 0 unspecified atom stereocenters. The largest absolute Gasteiger partial charge is 0.356 e. The number of hydrogen-bond acceptors (Lipinski definition) is 3. The molecule has 1 N–H and O–H groups in total. The van der Waals surface area contributed by atoms with Crippen LogP contribution < -0.4 is 16.0 Å². The topological polar surface area (TPSA) is 53.8 Å². The Morgan fingerprint density at radius 1 is 1.31 bits per heavy atom. The first kappa shape index (κ1) is 10.5. The monoisotopic (exact) mass is 215 g/mol. The molecule has 0 aliphatic carbocycles. The SMILES string of the molecule is CC(=O)NCCC=C1N=c2ccccc2=N1. The van der Waals surface area contributed by atoms with Crippen molar-refractivity contribution in [2.75, 3.05) is 6.54 Å². The maximum absolute atomic E-state index is 10.6. The predicted octanol–water partition coefficient (Wildman–Crippen LogP) is 0.307. The third-order valence-corrected chi connectivity index (χ3v) is 2.20. The minimum absolute atomic E-state index is 0.0121. The molecule has 0 spiro atoms. The van der Waals surface area contributed by atoms with Crippen LogP contribution in [0.4, 0.5) is 0 Å². The number of para-hydroxylation sites is 2. The Bertz CT molecular complexity index is 509. The number of benzene rings is 1. The van der Waals surface area contributed by atoms with Crippen LogP contribution in [0.2, 0.25) is 0 Å². The maximum atomic E-state index is 10.6. The molecule has 1 aliphatic rings.